The Morgan fingerprint density at radius 2 is 1.87 bits per heavy atom. The number of pyridine rings is 1. The maximum atomic E-state index is 14.8. The van der Waals surface area contributed by atoms with Crippen LogP contribution < -0.4 is 15.1 Å². The third kappa shape index (κ3) is 6.46. The number of carbonyl (C=O) groups is 3. The molecule has 46 heavy (non-hydrogen) atoms. The van der Waals surface area contributed by atoms with Crippen molar-refractivity contribution in [3.05, 3.63) is 101 Å². The molecular formula is C33H28ClF4N5O3. The summed E-state index contributed by atoms with van der Waals surface area (Å²) in [5, 5.41) is 12.3. The lowest BCUT2D eigenvalue weighted by Gasteiger charge is -2.45. The molecule has 3 amide bonds. The van der Waals surface area contributed by atoms with Crippen LogP contribution >= 0.6 is 11.6 Å². The smallest absolute Gasteiger partial charge is 0.252 e. The number of aryl methyl sites for hydroxylation is 1. The van der Waals surface area contributed by atoms with Crippen LogP contribution in [0.15, 0.2) is 73.4 Å². The highest BCUT2D eigenvalue weighted by Crippen LogP contribution is 2.40. The Bertz CT molecular complexity index is 1720. The summed E-state index contributed by atoms with van der Waals surface area (Å²) in [5.74, 6) is -7.43. The molecule has 1 aliphatic heterocycles. The van der Waals surface area contributed by atoms with E-state index in [0.29, 0.717) is 16.7 Å². The first kappa shape index (κ1) is 32.6. The summed E-state index contributed by atoms with van der Waals surface area (Å²) >= 11 is 6.39. The first-order valence-electron chi connectivity index (χ1n) is 14.4. The van der Waals surface area contributed by atoms with Gasteiger partial charge >= 0.3 is 0 Å². The molecule has 0 unspecified atom stereocenters. The van der Waals surface area contributed by atoms with Crippen molar-refractivity contribution >= 4 is 40.8 Å². The average Bonchev–Trinajstić information content (AvgIpc) is 3.39. The average molecular weight is 654 g/mol. The molecule has 2 fully saturated rings. The van der Waals surface area contributed by atoms with Gasteiger partial charge in [0.15, 0.2) is 0 Å². The molecule has 2 heterocycles. The number of nitriles is 1. The fraction of sp³-hybridized carbons (Fsp3) is 0.303. The van der Waals surface area contributed by atoms with Gasteiger partial charge in [-0.3, -0.25) is 24.2 Å². The summed E-state index contributed by atoms with van der Waals surface area (Å²) < 4.78 is 57.1. The fourth-order valence-electron chi connectivity index (χ4n) is 5.91. The van der Waals surface area contributed by atoms with E-state index < -0.39 is 65.7 Å². The number of hydrogen-bond acceptors (Lipinski definition) is 5. The molecule has 0 radical (unpaired) electrons. The zero-order valence-corrected chi connectivity index (χ0v) is 25.1. The molecule has 1 aliphatic carbocycles. The Labute approximate surface area is 267 Å². The van der Waals surface area contributed by atoms with Crippen LogP contribution in [-0.2, 0) is 20.8 Å². The van der Waals surface area contributed by atoms with E-state index in [1.165, 1.54) is 18.3 Å². The van der Waals surface area contributed by atoms with Gasteiger partial charge < -0.3 is 5.32 Å². The van der Waals surface area contributed by atoms with Crippen LogP contribution in [0.5, 0.6) is 0 Å². The quantitative estimate of drug-likeness (QED) is 0.217. The number of alkyl halides is 2. The molecule has 1 saturated carbocycles. The Kier molecular flexibility index (Phi) is 9.17. The predicted octanol–water partition coefficient (Wildman–Crippen LogP) is 5.88. The summed E-state index contributed by atoms with van der Waals surface area (Å²) in [6.45, 7) is 3.83. The van der Waals surface area contributed by atoms with Gasteiger partial charge in [0.1, 0.15) is 29.0 Å². The van der Waals surface area contributed by atoms with Crippen molar-refractivity contribution in [2.24, 2.45) is 0 Å². The van der Waals surface area contributed by atoms with E-state index in [1.54, 1.807) is 24.3 Å². The number of hydrogen-bond donors (Lipinski definition) is 1. The molecule has 0 bridgehead atoms. The second kappa shape index (κ2) is 12.9. The first-order chi connectivity index (χ1) is 21.9. The highest BCUT2D eigenvalue weighted by molar-refractivity contribution is 6.31. The maximum absolute atomic E-state index is 14.8. The van der Waals surface area contributed by atoms with Gasteiger partial charge in [0, 0.05) is 42.6 Å². The third-order valence-corrected chi connectivity index (χ3v) is 8.60. The summed E-state index contributed by atoms with van der Waals surface area (Å²) in [6, 6.07) is 11.4. The van der Waals surface area contributed by atoms with Crippen molar-refractivity contribution in [3.63, 3.8) is 0 Å². The molecule has 0 spiro atoms. The van der Waals surface area contributed by atoms with Gasteiger partial charge in [-0.25, -0.2) is 22.5 Å². The van der Waals surface area contributed by atoms with Crippen LogP contribution in [0.1, 0.15) is 43.2 Å². The summed E-state index contributed by atoms with van der Waals surface area (Å²) in [6.07, 6.45) is 0.813. The van der Waals surface area contributed by atoms with E-state index in [4.69, 9.17) is 11.6 Å². The van der Waals surface area contributed by atoms with Crippen molar-refractivity contribution in [2.75, 3.05) is 9.80 Å². The van der Waals surface area contributed by atoms with Crippen LogP contribution in [0.3, 0.4) is 0 Å². The van der Waals surface area contributed by atoms with E-state index in [0.717, 1.165) is 28.0 Å². The minimum Gasteiger partial charge on any atom is -0.351 e. The topological polar surface area (TPSA) is 106 Å². The summed E-state index contributed by atoms with van der Waals surface area (Å²) in [7, 11) is 0. The van der Waals surface area contributed by atoms with Gasteiger partial charge in [-0.05, 0) is 55.2 Å². The van der Waals surface area contributed by atoms with Crippen molar-refractivity contribution in [1.29, 1.82) is 5.26 Å². The Morgan fingerprint density at radius 3 is 2.50 bits per heavy atom. The van der Waals surface area contributed by atoms with E-state index in [2.05, 4.69) is 16.9 Å². The predicted molar refractivity (Wildman–Crippen MR) is 162 cm³/mol. The number of halogens is 5. The lowest BCUT2D eigenvalue weighted by molar-refractivity contribution is -0.135. The van der Waals surface area contributed by atoms with E-state index in [1.807, 2.05) is 6.07 Å². The number of nitrogens with zero attached hydrogens (tertiary/aromatic N) is 4. The number of amides is 3. The minimum atomic E-state index is -2.98. The van der Waals surface area contributed by atoms with Gasteiger partial charge in [-0.1, -0.05) is 35.9 Å². The number of rotatable bonds is 10. The van der Waals surface area contributed by atoms with Crippen LogP contribution in [0.2, 0.25) is 5.02 Å². The Balaban J connectivity index is 1.65. The van der Waals surface area contributed by atoms with Crippen molar-refractivity contribution in [3.8, 4) is 6.07 Å². The molecule has 1 aromatic heterocycles. The van der Waals surface area contributed by atoms with E-state index in [-0.39, 0.29) is 42.8 Å². The molecule has 238 valence electrons. The molecule has 2 aliphatic rings. The van der Waals surface area contributed by atoms with E-state index in [9.17, 15) is 37.2 Å². The van der Waals surface area contributed by atoms with Gasteiger partial charge in [-0.15, -0.1) is 6.58 Å². The second-order valence-electron chi connectivity index (χ2n) is 11.3. The Morgan fingerprint density at radius 1 is 1.17 bits per heavy atom. The largest absolute Gasteiger partial charge is 0.351 e. The van der Waals surface area contributed by atoms with Gasteiger partial charge in [0.2, 0.25) is 5.91 Å². The molecule has 5 rings (SSSR count). The fourth-order valence-corrected chi connectivity index (χ4v) is 6.14. The van der Waals surface area contributed by atoms with E-state index >= 15 is 0 Å². The molecule has 1 saturated heterocycles. The van der Waals surface area contributed by atoms with Crippen molar-refractivity contribution < 1.29 is 31.9 Å². The highest BCUT2D eigenvalue weighted by atomic mass is 35.5. The summed E-state index contributed by atoms with van der Waals surface area (Å²) in [5.41, 5.74) is -1.74. The molecule has 2 aromatic carbocycles. The number of nitrogens with one attached hydrogen (secondary N) is 1. The third-order valence-electron chi connectivity index (χ3n) is 8.23. The maximum Gasteiger partial charge on any atom is 0.252 e. The second-order valence-corrected chi connectivity index (χ2v) is 11.7. The Hall–Kier alpha value is -4.76. The van der Waals surface area contributed by atoms with Crippen molar-refractivity contribution in [2.45, 2.75) is 62.1 Å². The van der Waals surface area contributed by atoms with Crippen LogP contribution in [0.25, 0.3) is 0 Å². The molecule has 1 N–H and O–H groups in total. The van der Waals surface area contributed by atoms with Gasteiger partial charge in [0.25, 0.3) is 17.7 Å². The first-order valence-corrected chi connectivity index (χ1v) is 14.8. The number of carbonyl (C=O) groups excluding carboxylic acids is 3. The summed E-state index contributed by atoms with van der Waals surface area (Å²) in [4.78, 5) is 48.2. The lowest BCUT2D eigenvalue weighted by Crippen LogP contribution is -2.66. The molecule has 2 atom stereocenters. The molecule has 3 aromatic rings. The molecule has 8 nitrogen and oxygen atoms in total. The lowest BCUT2D eigenvalue weighted by atomic mass is 9.83. The van der Waals surface area contributed by atoms with Crippen LogP contribution in [0.4, 0.5) is 29.1 Å². The monoisotopic (exact) mass is 653 g/mol. The molecule has 13 heteroatoms. The number of anilines is 2. The number of aromatic nitrogens is 1. The zero-order chi connectivity index (χ0) is 33.2. The number of benzene rings is 2. The van der Waals surface area contributed by atoms with Crippen LogP contribution in [0, 0.1) is 23.0 Å². The van der Waals surface area contributed by atoms with Gasteiger partial charge in [-0.2, -0.15) is 5.26 Å². The van der Waals surface area contributed by atoms with Gasteiger partial charge in [0.05, 0.1) is 17.3 Å². The van der Waals surface area contributed by atoms with Crippen molar-refractivity contribution in [1.82, 2.24) is 10.3 Å². The zero-order valence-electron chi connectivity index (χ0n) is 24.4. The standard InChI is InChI=1S/C33H28ClF4N5O3/c1-2-32(11-9-21-5-3-4-6-26(21)34,31(46)41-24-17-33(37,38)18-24)43(25-15-22(35)14-23(36)16-25)30(45)27-7-8-29(44)42(27)28-13-20(19-39)10-12-40-28/h2-6,10,12-16,24,27H,1,7-9,11,17-18H2,(H,41,46)/t27-,32-/m0/s1. The van der Waals surface area contributed by atoms with Crippen LogP contribution in [-0.4, -0.2) is 46.3 Å². The normalized spacial score (nSPS) is 18.7. The molecular weight excluding hydrogens is 626 g/mol. The SMILES string of the molecule is C=C[C@](CCc1ccccc1Cl)(C(=O)NC1CC(F)(F)C1)N(C(=O)[C@@H]1CCC(=O)N1c1cc(C#N)ccn1)c1cc(F)cc(F)c1. The highest BCUT2D eigenvalue weighted by Gasteiger charge is 2.52. The minimum absolute atomic E-state index is 0.00769.